The summed E-state index contributed by atoms with van der Waals surface area (Å²) in [6.45, 7) is 3.29. The number of nitrogens with one attached hydrogen (secondary N) is 1. The Labute approximate surface area is 176 Å². The van der Waals surface area contributed by atoms with Gasteiger partial charge < -0.3 is 14.4 Å². The summed E-state index contributed by atoms with van der Waals surface area (Å²) in [6, 6.07) is 4.87. The number of allylic oxidation sites excluding steroid dienone is 3. The van der Waals surface area contributed by atoms with Gasteiger partial charge in [-0.2, -0.15) is 0 Å². The SMILES string of the molecule is COCC1(C(=O)N2Cc3ccc(C(=O)NO)cc3OC[C@@H]2C2(C)C=CC=CC2)CC1. The molecule has 7 heteroatoms. The van der Waals surface area contributed by atoms with Crippen LogP contribution < -0.4 is 10.2 Å². The molecule has 1 heterocycles. The van der Waals surface area contributed by atoms with E-state index in [-0.39, 0.29) is 17.4 Å². The van der Waals surface area contributed by atoms with Crippen molar-refractivity contribution in [3.63, 3.8) is 0 Å². The summed E-state index contributed by atoms with van der Waals surface area (Å²) in [5.41, 5.74) is 2.08. The minimum Gasteiger partial charge on any atom is -0.491 e. The van der Waals surface area contributed by atoms with Crippen LogP contribution >= 0.6 is 0 Å². The maximum absolute atomic E-state index is 13.7. The van der Waals surface area contributed by atoms with Gasteiger partial charge in [0.05, 0.1) is 18.1 Å². The lowest BCUT2D eigenvalue weighted by molar-refractivity contribution is -0.145. The number of hydroxylamine groups is 1. The lowest BCUT2D eigenvalue weighted by Crippen LogP contribution is -2.53. The highest BCUT2D eigenvalue weighted by Gasteiger charge is 2.54. The normalized spacial score (nSPS) is 26.4. The molecule has 1 aromatic rings. The fraction of sp³-hybridized carbons (Fsp3) is 0.478. The predicted octanol–water partition coefficient (Wildman–Crippen LogP) is 2.84. The second-order valence-electron chi connectivity index (χ2n) is 8.73. The molecule has 0 spiro atoms. The number of benzene rings is 1. The Morgan fingerprint density at radius 3 is 2.77 bits per heavy atom. The van der Waals surface area contributed by atoms with Gasteiger partial charge in [0.25, 0.3) is 5.91 Å². The van der Waals surface area contributed by atoms with E-state index in [1.54, 1.807) is 30.8 Å². The minimum absolute atomic E-state index is 0.104. The monoisotopic (exact) mass is 412 g/mol. The summed E-state index contributed by atoms with van der Waals surface area (Å²) in [6.07, 6.45) is 10.8. The second kappa shape index (κ2) is 7.89. The summed E-state index contributed by atoms with van der Waals surface area (Å²) in [4.78, 5) is 27.5. The number of nitrogens with zero attached hydrogens (tertiary/aromatic N) is 1. The summed E-state index contributed by atoms with van der Waals surface area (Å²) in [5.74, 6) is 0.0681. The van der Waals surface area contributed by atoms with E-state index in [0.717, 1.165) is 24.8 Å². The Morgan fingerprint density at radius 2 is 2.13 bits per heavy atom. The van der Waals surface area contributed by atoms with Crippen molar-refractivity contribution >= 4 is 11.8 Å². The van der Waals surface area contributed by atoms with Crippen molar-refractivity contribution in [2.24, 2.45) is 10.8 Å². The molecule has 0 saturated heterocycles. The lowest BCUT2D eigenvalue weighted by atomic mass is 9.76. The van der Waals surface area contributed by atoms with E-state index in [1.807, 2.05) is 17.1 Å². The van der Waals surface area contributed by atoms with Gasteiger partial charge in [-0.25, -0.2) is 5.48 Å². The fourth-order valence-electron chi connectivity index (χ4n) is 4.48. The van der Waals surface area contributed by atoms with Crippen LogP contribution in [-0.2, 0) is 16.1 Å². The van der Waals surface area contributed by atoms with Gasteiger partial charge in [-0.1, -0.05) is 37.3 Å². The molecule has 2 N–H and O–H groups in total. The maximum Gasteiger partial charge on any atom is 0.274 e. The number of ether oxygens (including phenoxy) is 2. The molecule has 3 aliphatic rings. The number of hydrogen-bond acceptors (Lipinski definition) is 5. The number of fused-ring (bicyclic) bond motifs is 1. The second-order valence-corrected chi connectivity index (χ2v) is 8.73. The quantitative estimate of drug-likeness (QED) is 0.574. The van der Waals surface area contributed by atoms with Crippen LogP contribution in [0.15, 0.2) is 42.5 Å². The zero-order valence-corrected chi connectivity index (χ0v) is 17.4. The van der Waals surface area contributed by atoms with Crippen molar-refractivity contribution in [1.29, 1.82) is 0 Å². The number of carbonyl (C=O) groups excluding carboxylic acids is 2. The number of methoxy groups -OCH3 is 1. The number of carbonyl (C=O) groups is 2. The van der Waals surface area contributed by atoms with Crippen LogP contribution in [0.1, 0.15) is 42.1 Å². The van der Waals surface area contributed by atoms with Crippen molar-refractivity contribution in [3.8, 4) is 5.75 Å². The zero-order valence-electron chi connectivity index (χ0n) is 17.4. The molecule has 1 aromatic carbocycles. The summed E-state index contributed by atoms with van der Waals surface area (Å²) < 4.78 is 11.5. The number of hydrogen-bond donors (Lipinski definition) is 2. The molecular weight excluding hydrogens is 384 g/mol. The first kappa shape index (κ1) is 20.6. The van der Waals surface area contributed by atoms with Gasteiger partial charge in [-0.15, -0.1) is 0 Å². The molecule has 0 radical (unpaired) electrons. The molecule has 1 unspecified atom stereocenters. The molecular formula is C23H28N2O5. The highest BCUT2D eigenvalue weighted by Crippen LogP contribution is 2.49. The predicted molar refractivity (Wildman–Crippen MR) is 110 cm³/mol. The van der Waals surface area contributed by atoms with Gasteiger partial charge in [0.1, 0.15) is 12.4 Å². The van der Waals surface area contributed by atoms with Crippen molar-refractivity contribution in [2.75, 3.05) is 20.3 Å². The van der Waals surface area contributed by atoms with E-state index in [9.17, 15) is 9.59 Å². The molecule has 30 heavy (non-hydrogen) atoms. The van der Waals surface area contributed by atoms with E-state index < -0.39 is 11.3 Å². The molecule has 160 valence electrons. The summed E-state index contributed by atoms with van der Waals surface area (Å²) in [5, 5.41) is 8.94. The largest absolute Gasteiger partial charge is 0.491 e. The lowest BCUT2D eigenvalue weighted by Gasteiger charge is -2.42. The average Bonchev–Trinajstić information content (AvgIpc) is 3.56. The van der Waals surface area contributed by atoms with Gasteiger partial charge in [-0.3, -0.25) is 14.8 Å². The van der Waals surface area contributed by atoms with Crippen LogP contribution in [0.2, 0.25) is 0 Å². The number of rotatable bonds is 5. The van der Waals surface area contributed by atoms with Crippen molar-refractivity contribution in [2.45, 2.75) is 38.8 Å². The molecule has 2 atom stereocenters. The maximum atomic E-state index is 13.7. The van der Waals surface area contributed by atoms with E-state index >= 15 is 0 Å². The Kier molecular flexibility index (Phi) is 5.42. The first-order valence-corrected chi connectivity index (χ1v) is 10.3. The zero-order chi connectivity index (χ0) is 21.4. The van der Waals surface area contributed by atoms with Crippen molar-refractivity contribution in [1.82, 2.24) is 10.4 Å². The molecule has 0 bridgehead atoms. The highest BCUT2D eigenvalue weighted by atomic mass is 16.5. The van der Waals surface area contributed by atoms with Crippen LogP contribution in [-0.4, -0.2) is 48.3 Å². The third-order valence-electron chi connectivity index (χ3n) is 6.58. The molecule has 2 aliphatic carbocycles. The van der Waals surface area contributed by atoms with Gasteiger partial charge >= 0.3 is 0 Å². The Hall–Kier alpha value is -2.64. The average molecular weight is 412 g/mol. The number of amides is 2. The Balaban J connectivity index is 1.71. The topological polar surface area (TPSA) is 88.1 Å². The van der Waals surface area contributed by atoms with Crippen LogP contribution in [0, 0.1) is 10.8 Å². The Morgan fingerprint density at radius 1 is 1.33 bits per heavy atom. The molecule has 7 nitrogen and oxygen atoms in total. The standard InChI is InChI=1S/C23H28N2O5/c1-22(8-4-3-5-9-22)19-14-30-18-12-16(20(26)24-28)6-7-17(18)13-25(19)21(27)23(10-11-23)15-29-2/h3-8,12,19,28H,9-11,13-15H2,1-2H3,(H,24,26)/t19-,22?/m1/s1. The first-order chi connectivity index (χ1) is 14.4. The Bertz CT molecular complexity index is 905. The molecule has 1 fully saturated rings. The van der Waals surface area contributed by atoms with Crippen LogP contribution in [0.5, 0.6) is 5.75 Å². The summed E-state index contributed by atoms with van der Waals surface area (Å²) >= 11 is 0. The molecule has 2 amide bonds. The third-order valence-corrected chi connectivity index (χ3v) is 6.58. The van der Waals surface area contributed by atoms with Gasteiger partial charge in [0.15, 0.2) is 0 Å². The van der Waals surface area contributed by atoms with Gasteiger partial charge in [0, 0.05) is 30.2 Å². The fourth-order valence-corrected chi connectivity index (χ4v) is 4.48. The first-order valence-electron chi connectivity index (χ1n) is 10.3. The minimum atomic E-state index is -0.598. The van der Waals surface area contributed by atoms with Crippen molar-refractivity contribution in [3.05, 3.63) is 53.6 Å². The summed E-state index contributed by atoms with van der Waals surface area (Å²) in [7, 11) is 1.63. The van der Waals surface area contributed by atoms with Crippen LogP contribution in [0.3, 0.4) is 0 Å². The smallest absolute Gasteiger partial charge is 0.274 e. The van der Waals surface area contributed by atoms with E-state index in [4.69, 9.17) is 14.7 Å². The molecule has 4 rings (SSSR count). The van der Waals surface area contributed by atoms with E-state index in [0.29, 0.717) is 31.1 Å². The van der Waals surface area contributed by atoms with Crippen molar-refractivity contribution < 1.29 is 24.3 Å². The molecule has 0 aromatic heterocycles. The van der Waals surface area contributed by atoms with Crippen LogP contribution in [0.25, 0.3) is 0 Å². The van der Waals surface area contributed by atoms with Gasteiger partial charge in [-0.05, 0) is 31.4 Å². The molecule has 1 aliphatic heterocycles. The molecule has 1 saturated carbocycles. The van der Waals surface area contributed by atoms with Gasteiger partial charge in [0.2, 0.25) is 5.91 Å². The van der Waals surface area contributed by atoms with Crippen LogP contribution in [0.4, 0.5) is 0 Å². The third kappa shape index (κ3) is 3.63. The highest BCUT2D eigenvalue weighted by molar-refractivity contribution is 5.94. The van der Waals surface area contributed by atoms with E-state index in [1.165, 1.54) is 0 Å². The van der Waals surface area contributed by atoms with E-state index in [2.05, 4.69) is 19.1 Å².